The van der Waals surface area contributed by atoms with Crippen molar-refractivity contribution in [3.63, 3.8) is 0 Å². The van der Waals surface area contributed by atoms with E-state index in [4.69, 9.17) is 5.73 Å². The summed E-state index contributed by atoms with van der Waals surface area (Å²) < 4.78 is 1.96. The van der Waals surface area contributed by atoms with Crippen LogP contribution in [0.15, 0.2) is 30.6 Å². The van der Waals surface area contributed by atoms with E-state index in [1.807, 2.05) is 35.9 Å². The van der Waals surface area contributed by atoms with Crippen LogP contribution in [0.4, 0.5) is 11.6 Å². The molecule has 0 aliphatic carbocycles. The number of anilines is 1. The number of nitrogens with two attached hydrogens (primary N) is 1. The van der Waals surface area contributed by atoms with Crippen LogP contribution in [-0.4, -0.2) is 32.4 Å². The molecule has 1 aromatic heterocycles. The number of benzene rings is 1. The highest BCUT2D eigenvalue weighted by atomic mass is 16.3. The normalized spacial score (nSPS) is 13.2. The Morgan fingerprint density at radius 3 is 2.83 bits per heavy atom. The van der Waals surface area contributed by atoms with Crippen LogP contribution in [0.25, 0.3) is 0 Å². The van der Waals surface area contributed by atoms with Gasteiger partial charge < -0.3 is 10.8 Å². The lowest BCUT2D eigenvalue weighted by Gasteiger charge is -2.20. The molecule has 0 bridgehead atoms. The Bertz CT molecular complexity index is 664. The second kappa shape index (κ2) is 3.89. The van der Waals surface area contributed by atoms with Crippen LogP contribution < -0.4 is 5.73 Å². The maximum absolute atomic E-state index is 9.40. The average Bonchev–Trinajstić information content (AvgIpc) is 2.40. The molecule has 2 aromatic rings. The van der Waals surface area contributed by atoms with E-state index in [9.17, 15) is 5.11 Å². The van der Waals surface area contributed by atoms with Gasteiger partial charge in [-0.1, -0.05) is 24.3 Å². The van der Waals surface area contributed by atoms with E-state index < -0.39 is 0 Å². The molecule has 0 saturated carbocycles. The Morgan fingerprint density at radius 2 is 2.06 bits per heavy atom. The SMILES string of the molecule is C[N+]1=C(c2ccccc2CO)c2c(N)ncnc21. The summed E-state index contributed by atoms with van der Waals surface area (Å²) >= 11 is 0. The largest absolute Gasteiger partial charge is 0.392 e. The summed E-state index contributed by atoms with van der Waals surface area (Å²) in [7, 11) is 1.93. The molecule has 0 spiro atoms. The highest BCUT2D eigenvalue weighted by molar-refractivity contribution is 6.18. The van der Waals surface area contributed by atoms with Crippen molar-refractivity contribution in [2.75, 3.05) is 12.8 Å². The van der Waals surface area contributed by atoms with Crippen molar-refractivity contribution in [3.8, 4) is 0 Å². The van der Waals surface area contributed by atoms with Gasteiger partial charge in [-0.3, -0.25) is 0 Å². The van der Waals surface area contributed by atoms with Crippen LogP contribution in [-0.2, 0) is 6.61 Å². The lowest BCUT2D eigenvalue weighted by Crippen LogP contribution is -2.30. The molecule has 5 nitrogen and oxygen atoms in total. The maximum atomic E-state index is 9.40. The molecule has 18 heavy (non-hydrogen) atoms. The predicted molar refractivity (Wildman–Crippen MR) is 67.9 cm³/mol. The monoisotopic (exact) mass is 241 g/mol. The molecule has 1 aliphatic rings. The predicted octanol–water partition coefficient (Wildman–Crippen LogP) is 0.676. The van der Waals surface area contributed by atoms with Crippen molar-refractivity contribution in [1.82, 2.24) is 9.97 Å². The minimum absolute atomic E-state index is 0.00353. The minimum Gasteiger partial charge on any atom is -0.392 e. The summed E-state index contributed by atoms with van der Waals surface area (Å²) in [6.07, 6.45) is 1.46. The second-order valence-corrected chi connectivity index (χ2v) is 4.18. The Labute approximate surface area is 104 Å². The van der Waals surface area contributed by atoms with Crippen molar-refractivity contribution in [3.05, 3.63) is 47.3 Å². The van der Waals surface area contributed by atoms with Gasteiger partial charge in [-0.05, 0) is 10.5 Å². The zero-order valence-electron chi connectivity index (χ0n) is 9.96. The van der Waals surface area contributed by atoms with Crippen LogP contribution >= 0.6 is 0 Å². The van der Waals surface area contributed by atoms with Crippen LogP contribution in [0.1, 0.15) is 16.7 Å². The van der Waals surface area contributed by atoms with Gasteiger partial charge in [-0.2, -0.15) is 4.98 Å². The van der Waals surface area contributed by atoms with E-state index in [1.54, 1.807) is 0 Å². The van der Waals surface area contributed by atoms with E-state index >= 15 is 0 Å². The lowest BCUT2D eigenvalue weighted by atomic mass is 9.94. The first-order chi connectivity index (χ1) is 8.74. The third kappa shape index (κ3) is 1.34. The number of rotatable bonds is 2. The fourth-order valence-corrected chi connectivity index (χ4v) is 2.30. The zero-order chi connectivity index (χ0) is 12.7. The van der Waals surface area contributed by atoms with Crippen molar-refractivity contribution in [1.29, 1.82) is 0 Å². The highest BCUT2D eigenvalue weighted by Gasteiger charge is 2.37. The first kappa shape index (κ1) is 10.9. The van der Waals surface area contributed by atoms with Crippen LogP contribution in [0.3, 0.4) is 0 Å². The van der Waals surface area contributed by atoms with Gasteiger partial charge in [0.15, 0.2) is 11.3 Å². The summed E-state index contributed by atoms with van der Waals surface area (Å²) in [5.41, 5.74) is 9.56. The van der Waals surface area contributed by atoms with E-state index in [1.165, 1.54) is 6.33 Å². The molecule has 0 saturated heterocycles. The van der Waals surface area contributed by atoms with Crippen molar-refractivity contribution < 1.29 is 9.68 Å². The van der Waals surface area contributed by atoms with E-state index in [0.717, 1.165) is 28.2 Å². The Balaban J connectivity index is 2.20. The van der Waals surface area contributed by atoms with E-state index in [-0.39, 0.29) is 6.61 Å². The van der Waals surface area contributed by atoms with E-state index in [2.05, 4.69) is 9.97 Å². The number of aliphatic hydroxyl groups is 1. The highest BCUT2D eigenvalue weighted by Crippen LogP contribution is 2.33. The third-order valence-electron chi connectivity index (χ3n) is 3.19. The molecule has 0 unspecified atom stereocenters. The van der Waals surface area contributed by atoms with Crippen LogP contribution in [0.5, 0.6) is 0 Å². The number of aromatic nitrogens is 2. The van der Waals surface area contributed by atoms with Gasteiger partial charge in [0, 0.05) is 5.56 Å². The molecule has 0 fully saturated rings. The number of hydrogen-bond acceptors (Lipinski definition) is 4. The number of nitrogens with zero attached hydrogens (tertiary/aromatic N) is 3. The van der Waals surface area contributed by atoms with Gasteiger partial charge >= 0.3 is 5.82 Å². The molecule has 1 aliphatic heterocycles. The number of fused-ring (bicyclic) bond motifs is 1. The molecule has 2 heterocycles. The summed E-state index contributed by atoms with van der Waals surface area (Å²) in [4.78, 5) is 8.20. The summed E-state index contributed by atoms with van der Waals surface area (Å²) in [6, 6.07) is 7.70. The fourth-order valence-electron chi connectivity index (χ4n) is 2.30. The van der Waals surface area contributed by atoms with Gasteiger partial charge in [-0.25, -0.2) is 4.58 Å². The van der Waals surface area contributed by atoms with Crippen LogP contribution in [0.2, 0.25) is 0 Å². The molecule has 0 radical (unpaired) electrons. The van der Waals surface area contributed by atoms with Gasteiger partial charge in [-0.15, -0.1) is 0 Å². The van der Waals surface area contributed by atoms with Crippen molar-refractivity contribution in [2.45, 2.75) is 6.61 Å². The summed E-state index contributed by atoms with van der Waals surface area (Å²) in [6.45, 7) is -0.00353. The topological polar surface area (TPSA) is 75.0 Å². The molecule has 1 aromatic carbocycles. The van der Waals surface area contributed by atoms with Gasteiger partial charge in [0.1, 0.15) is 5.82 Å². The maximum Gasteiger partial charge on any atom is 0.340 e. The molecular formula is C13H13N4O+. The quantitative estimate of drug-likeness (QED) is 0.758. The van der Waals surface area contributed by atoms with Crippen LogP contribution in [0, 0.1) is 0 Å². The van der Waals surface area contributed by atoms with Gasteiger partial charge in [0.2, 0.25) is 6.33 Å². The fraction of sp³-hybridized carbons (Fsp3) is 0.154. The minimum atomic E-state index is -0.00353. The standard InChI is InChI=1S/C13H12N4O/c1-17-11(9-5-3-2-4-8(9)6-18)10-12(14)15-7-16-13(10)17/h2-5,7,14,18H,6H2,1H3/p+1. The molecular weight excluding hydrogens is 228 g/mol. The molecule has 3 N–H and O–H groups in total. The van der Waals surface area contributed by atoms with E-state index in [0.29, 0.717) is 5.82 Å². The van der Waals surface area contributed by atoms with Gasteiger partial charge in [0.05, 0.1) is 13.7 Å². The smallest absolute Gasteiger partial charge is 0.340 e. The second-order valence-electron chi connectivity index (χ2n) is 4.18. The molecule has 0 amide bonds. The average molecular weight is 241 g/mol. The Morgan fingerprint density at radius 1 is 1.28 bits per heavy atom. The van der Waals surface area contributed by atoms with Gasteiger partial charge in [0.25, 0.3) is 0 Å². The first-order valence-electron chi connectivity index (χ1n) is 5.64. The Kier molecular flexibility index (Phi) is 2.34. The summed E-state index contributed by atoms with van der Waals surface area (Å²) in [5, 5.41) is 9.40. The number of nitrogen functional groups attached to an aromatic ring is 1. The number of hydrogen-bond donors (Lipinski definition) is 2. The molecule has 90 valence electrons. The summed E-state index contributed by atoms with van der Waals surface area (Å²) in [5.74, 6) is 1.30. The van der Waals surface area contributed by atoms with Crippen molar-refractivity contribution in [2.24, 2.45) is 0 Å². The van der Waals surface area contributed by atoms with Crippen molar-refractivity contribution >= 4 is 17.3 Å². The zero-order valence-corrected chi connectivity index (χ0v) is 9.96. The molecule has 0 atom stereocenters. The third-order valence-corrected chi connectivity index (χ3v) is 3.19. The molecule has 5 heteroatoms. The molecule has 3 rings (SSSR count). The Hall–Kier alpha value is -2.27. The first-order valence-corrected chi connectivity index (χ1v) is 5.64. The lowest BCUT2D eigenvalue weighted by molar-refractivity contribution is -0.421. The number of aliphatic hydroxyl groups excluding tert-OH is 1.